The van der Waals surface area contributed by atoms with Gasteiger partial charge in [0.1, 0.15) is 6.04 Å². The molecule has 2 saturated heterocycles. The molecule has 0 bridgehead atoms. The Labute approximate surface area is 167 Å². The van der Waals surface area contributed by atoms with Crippen molar-refractivity contribution in [3.05, 3.63) is 36.0 Å². The van der Waals surface area contributed by atoms with Crippen molar-refractivity contribution in [2.75, 3.05) is 18.1 Å². The predicted molar refractivity (Wildman–Crippen MR) is 106 cm³/mol. The lowest BCUT2D eigenvalue weighted by Crippen LogP contribution is -2.41. The first-order valence-corrected chi connectivity index (χ1v) is 11.3. The van der Waals surface area contributed by atoms with Crippen LogP contribution >= 0.6 is 0 Å². The molecular weight excluding hydrogens is 396 g/mol. The fraction of sp³-hybridized carbons (Fsp3) is 0.421. The number of nitrogens with one attached hydrogen (secondary N) is 3. The van der Waals surface area contributed by atoms with Crippen LogP contribution < -0.4 is 10.6 Å². The predicted octanol–water partition coefficient (Wildman–Crippen LogP) is 0.324. The van der Waals surface area contributed by atoms with Crippen LogP contribution in [0.3, 0.4) is 0 Å². The van der Waals surface area contributed by atoms with Gasteiger partial charge in [0.25, 0.3) is 5.91 Å². The summed E-state index contributed by atoms with van der Waals surface area (Å²) in [6, 6.07) is 5.91. The average molecular weight is 418 g/mol. The summed E-state index contributed by atoms with van der Waals surface area (Å²) >= 11 is 0. The number of para-hydroxylation sites is 1. The molecule has 2 fully saturated rings. The van der Waals surface area contributed by atoms with E-state index in [4.69, 9.17) is 0 Å². The number of carbonyl (C=O) groups excluding carboxylic acids is 3. The third kappa shape index (κ3) is 4.12. The fourth-order valence-electron chi connectivity index (χ4n) is 3.88. The van der Waals surface area contributed by atoms with Crippen LogP contribution in [0.2, 0.25) is 0 Å². The molecule has 4 rings (SSSR count). The molecule has 0 radical (unpaired) electrons. The Bertz CT molecular complexity index is 1080. The Kier molecular flexibility index (Phi) is 5.03. The second kappa shape index (κ2) is 7.51. The molecule has 4 amide bonds. The van der Waals surface area contributed by atoms with Gasteiger partial charge in [-0.1, -0.05) is 18.2 Å². The number of H-pyrrole nitrogens is 1. The van der Waals surface area contributed by atoms with Crippen molar-refractivity contribution in [2.45, 2.75) is 31.3 Å². The van der Waals surface area contributed by atoms with Gasteiger partial charge in [0, 0.05) is 29.7 Å². The maximum atomic E-state index is 12.6. The molecule has 3 heterocycles. The Morgan fingerprint density at radius 1 is 1.24 bits per heavy atom. The maximum absolute atomic E-state index is 12.6. The highest BCUT2D eigenvalue weighted by Gasteiger charge is 2.39. The van der Waals surface area contributed by atoms with E-state index >= 15 is 0 Å². The van der Waals surface area contributed by atoms with E-state index in [1.165, 1.54) is 0 Å². The second-order valence-corrected chi connectivity index (χ2v) is 9.70. The molecule has 1 aromatic carbocycles. The van der Waals surface area contributed by atoms with Crippen molar-refractivity contribution in [2.24, 2.45) is 0 Å². The van der Waals surface area contributed by atoms with Gasteiger partial charge >= 0.3 is 6.03 Å². The van der Waals surface area contributed by atoms with Crippen LogP contribution in [-0.4, -0.2) is 66.3 Å². The van der Waals surface area contributed by atoms with Gasteiger partial charge in [-0.2, -0.15) is 0 Å². The van der Waals surface area contributed by atoms with Crippen LogP contribution in [0.25, 0.3) is 10.9 Å². The van der Waals surface area contributed by atoms with Gasteiger partial charge in [-0.05, 0) is 24.5 Å². The zero-order chi connectivity index (χ0) is 20.6. The molecule has 9 nitrogen and oxygen atoms in total. The number of aromatic nitrogens is 1. The van der Waals surface area contributed by atoms with E-state index in [0.29, 0.717) is 12.8 Å². The number of carbonyl (C=O) groups is 3. The lowest BCUT2D eigenvalue weighted by Gasteiger charge is -2.14. The summed E-state index contributed by atoms with van der Waals surface area (Å²) in [7, 11) is -3.10. The summed E-state index contributed by atoms with van der Waals surface area (Å²) in [6.07, 6.45) is 2.53. The third-order valence-electron chi connectivity index (χ3n) is 5.37. The lowest BCUT2D eigenvalue weighted by molar-refractivity contribution is -0.131. The minimum Gasteiger partial charge on any atom is -0.361 e. The van der Waals surface area contributed by atoms with Crippen molar-refractivity contribution < 1.29 is 22.8 Å². The van der Waals surface area contributed by atoms with Gasteiger partial charge in [-0.15, -0.1) is 0 Å². The molecule has 1 aromatic heterocycles. The number of rotatable bonds is 6. The summed E-state index contributed by atoms with van der Waals surface area (Å²) in [5.74, 6) is -0.910. The van der Waals surface area contributed by atoms with E-state index in [0.717, 1.165) is 21.4 Å². The molecule has 2 aliphatic heterocycles. The summed E-state index contributed by atoms with van der Waals surface area (Å²) in [5, 5.41) is 6.23. The fourth-order valence-corrected chi connectivity index (χ4v) is 5.55. The molecule has 2 aromatic rings. The van der Waals surface area contributed by atoms with Crippen LogP contribution in [0.15, 0.2) is 30.5 Å². The first-order valence-electron chi connectivity index (χ1n) is 9.49. The third-order valence-corrected chi connectivity index (χ3v) is 7.14. The molecule has 2 aliphatic rings. The topological polar surface area (TPSA) is 128 Å². The number of fused-ring (bicyclic) bond motifs is 1. The molecule has 154 valence electrons. The Morgan fingerprint density at radius 2 is 2.03 bits per heavy atom. The zero-order valence-corrected chi connectivity index (χ0v) is 16.5. The van der Waals surface area contributed by atoms with Crippen LogP contribution in [-0.2, 0) is 25.8 Å². The lowest BCUT2D eigenvalue weighted by atomic mass is 10.1. The summed E-state index contributed by atoms with van der Waals surface area (Å²) in [4.78, 5) is 41.2. The highest BCUT2D eigenvalue weighted by Crippen LogP contribution is 2.19. The van der Waals surface area contributed by atoms with Gasteiger partial charge in [0.2, 0.25) is 5.91 Å². The molecule has 3 N–H and O–H groups in total. The van der Waals surface area contributed by atoms with Crippen LogP contribution in [0.1, 0.15) is 18.4 Å². The van der Waals surface area contributed by atoms with Gasteiger partial charge < -0.3 is 15.6 Å². The van der Waals surface area contributed by atoms with Crippen molar-refractivity contribution in [1.82, 2.24) is 20.5 Å². The minimum absolute atomic E-state index is 0.0542. The van der Waals surface area contributed by atoms with E-state index in [-0.39, 0.29) is 24.5 Å². The largest absolute Gasteiger partial charge is 0.361 e. The maximum Gasteiger partial charge on any atom is 0.324 e. The molecular formula is C19H22N4O5S. The van der Waals surface area contributed by atoms with Crippen molar-refractivity contribution in [3.63, 3.8) is 0 Å². The molecule has 2 atom stereocenters. The first-order chi connectivity index (χ1) is 13.8. The van der Waals surface area contributed by atoms with E-state index in [9.17, 15) is 22.8 Å². The molecule has 10 heteroatoms. The highest BCUT2D eigenvalue weighted by molar-refractivity contribution is 7.91. The average Bonchev–Trinajstić information content (AvgIpc) is 3.30. The van der Waals surface area contributed by atoms with Gasteiger partial charge in [-0.3, -0.25) is 14.5 Å². The molecule has 0 spiro atoms. The van der Waals surface area contributed by atoms with Crippen LogP contribution in [0, 0.1) is 0 Å². The van der Waals surface area contributed by atoms with Gasteiger partial charge in [0.15, 0.2) is 9.84 Å². The van der Waals surface area contributed by atoms with E-state index in [2.05, 4.69) is 15.6 Å². The van der Waals surface area contributed by atoms with Crippen LogP contribution in [0.5, 0.6) is 0 Å². The van der Waals surface area contributed by atoms with Gasteiger partial charge in [-0.25, -0.2) is 13.2 Å². The summed E-state index contributed by atoms with van der Waals surface area (Å²) in [6.45, 7) is 0.214. The van der Waals surface area contributed by atoms with E-state index in [1.54, 1.807) is 0 Å². The van der Waals surface area contributed by atoms with Crippen LogP contribution in [0.4, 0.5) is 4.79 Å². The monoisotopic (exact) mass is 418 g/mol. The number of hydrogen-bond donors (Lipinski definition) is 3. The normalized spacial score (nSPS) is 23.5. The smallest absolute Gasteiger partial charge is 0.324 e. The molecule has 29 heavy (non-hydrogen) atoms. The summed E-state index contributed by atoms with van der Waals surface area (Å²) < 4.78 is 23.0. The SMILES string of the molecule is O=C(C[C@H]1NC(=O)N(CCc2c[nH]c3ccccc23)C1=O)N[C@H]1CCS(=O)(=O)C1. The quantitative estimate of drug-likeness (QED) is 0.582. The Morgan fingerprint density at radius 3 is 2.79 bits per heavy atom. The molecule has 0 unspecified atom stereocenters. The number of sulfone groups is 1. The van der Waals surface area contributed by atoms with Crippen molar-refractivity contribution in [1.29, 1.82) is 0 Å². The van der Waals surface area contributed by atoms with Gasteiger partial charge in [0.05, 0.1) is 17.9 Å². The van der Waals surface area contributed by atoms with Crippen molar-refractivity contribution in [3.8, 4) is 0 Å². The minimum atomic E-state index is -3.10. The number of urea groups is 1. The Hall–Kier alpha value is -2.88. The zero-order valence-electron chi connectivity index (χ0n) is 15.7. The number of aromatic amines is 1. The summed E-state index contributed by atoms with van der Waals surface area (Å²) in [5.41, 5.74) is 1.99. The molecule has 0 aliphatic carbocycles. The van der Waals surface area contributed by atoms with E-state index in [1.807, 2.05) is 30.5 Å². The number of benzene rings is 1. The highest BCUT2D eigenvalue weighted by atomic mass is 32.2. The standard InChI is InChI=1S/C19H22N4O5S/c24-17(21-13-6-8-29(27,28)11-13)9-16-18(25)23(19(26)22-16)7-5-12-10-20-15-4-2-1-3-14(12)15/h1-4,10,13,16,20H,5-9,11H2,(H,21,24)(H,22,26)/t13-,16+/m0/s1. The number of hydrogen-bond acceptors (Lipinski definition) is 5. The first kappa shape index (κ1) is 19.4. The number of nitrogens with zero attached hydrogens (tertiary/aromatic N) is 1. The second-order valence-electron chi connectivity index (χ2n) is 7.47. The Balaban J connectivity index is 1.33. The number of imide groups is 1. The van der Waals surface area contributed by atoms with Crippen molar-refractivity contribution >= 4 is 38.6 Å². The number of amides is 4. The molecule has 0 saturated carbocycles. The van der Waals surface area contributed by atoms with E-state index < -0.39 is 39.8 Å².